The van der Waals surface area contributed by atoms with Crippen LogP contribution in [0.1, 0.15) is 25.0 Å². The molecule has 0 bridgehead atoms. The van der Waals surface area contributed by atoms with Crippen LogP contribution in [-0.2, 0) is 17.9 Å². The Morgan fingerprint density at radius 3 is 2.20 bits per heavy atom. The Labute approximate surface area is 178 Å². The molecule has 30 heavy (non-hydrogen) atoms. The Balaban J connectivity index is 1.26. The van der Waals surface area contributed by atoms with Crippen LogP contribution in [-0.4, -0.2) is 60.6 Å². The minimum Gasteiger partial charge on any atom is -0.482 e. The number of fused-ring (bicyclic) bond motifs is 1. The summed E-state index contributed by atoms with van der Waals surface area (Å²) in [6, 6.07) is 15.9. The highest BCUT2D eigenvalue weighted by atomic mass is 16.6. The van der Waals surface area contributed by atoms with Gasteiger partial charge in [-0.1, -0.05) is 43.3 Å². The van der Waals surface area contributed by atoms with Gasteiger partial charge < -0.3 is 19.7 Å². The molecule has 0 radical (unpaired) electrons. The fourth-order valence-corrected chi connectivity index (χ4v) is 3.98. The van der Waals surface area contributed by atoms with Crippen LogP contribution in [0.5, 0.6) is 11.5 Å². The van der Waals surface area contributed by atoms with Crippen molar-refractivity contribution in [2.75, 3.05) is 32.7 Å². The molecule has 4 rings (SSSR count). The van der Waals surface area contributed by atoms with Crippen LogP contribution in [0, 0.1) is 0 Å². The lowest BCUT2D eigenvalue weighted by molar-refractivity contribution is -0.133. The topological polar surface area (TPSA) is 54.0 Å². The number of carbonyl (C=O) groups excluding carboxylic acids is 1. The molecule has 1 amide bonds. The van der Waals surface area contributed by atoms with E-state index in [4.69, 9.17) is 9.47 Å². The van der Waals surface area contributed by atoms with Crippen molar-refractivity contribution in [1.29, 1.82) is 0 Å². The molecule has 6 heteroatoms. The number of amides is 1. The third-order valence-electron chi connectivity index (χ3n) is 5.91. The second kappa shape index (κ2) is 9.49. The number of para-hydroxylation sites is 2. The van der Waals surface area contributed by atoms with Gasteiger partial charge >= 0.3 is 0 Å². The Morgan fingerprint density at radius 1 is 0.933 bits per heavy atom. The third kappa shape index (κ3) is 4.94. The van der Waals surface area contributed by atoms with Crippen LogP contribution in [0.15, 0.2) is 48.5 Å². The molecule has 2 aliphatic heterocycles. The summed E-state index contributed by atoms with van der Waals surface area (Å²) in [6.07, 6.45) is -0.989. The standard InChI is InChI=1S/C24H31N3O3/c1-3-26-12-14-27(15-13-26)17-20-10-8-19(9-11-20)16-25-24(28)23-18(2)29-21-6-4-5-7-22(21)30-23/h4-11,18,23H,3,12-17H2,1-2H3,(H,25,28). The molecular formula is C24H31N3O3. The van der Waals surface area contributed by atoms with Crippen LogP contribution in [0.3, 0.4) is 0 Å². The molecule has 2 unspecified atom stereocenters. The maximum atomic E-state index is 12.6. The lowest BCUT2D eigenvalue weighted by Crippen LogP contribution is -2.48. The summed E-state index contributed by atoms with van der Waals surface area (Å²) in [5.41, 5.74) is 2.39. The summed E-state index contributed by atoms with van der Waals surface area (Å²) in [6.45, 7) is 11.2. The number of likely N-dealkylation sites (N-methyl/N-ethyl adjacent to an activating group) is 1. The molecule has 6 nitrogen and oxygen atoms in total. The number of piperazine rings is 1. The molecule has 1 N–H and O–H groups in total. The van der Waals surface area contributed by atoms with E-state index < -0.39 is 6.10 Å². The van der Waals surface area contributed by atoms with E-state index in [1.807, 2.05) is 31.2 Å². The van der Waals surface area contributed by atoms with Gasteiger partial charge in [0.15, 0.2) is 11.5 Å². The first kappa shape index (κ1) is 20.7. The Hall–Kier alpha value is -2.57. The Morgan fingerprint density at radius 2 is 1.53 bits per heavy atom. The molecule has 2 aromatic carbocycles. The lowest BCUT2D eigenvalue weighted by atomic mass is 10.1. The number of nitrogens with one attached hydrogen (secondary N) is 1. The first-order valence-electron chi connectivity index (χ1n) is 10.8. The predicted molar refractivity (Wildman–Crippen MR) is 117 cm³/mol. The molecule has 0 aromatic heterocycles. The number of nitrogens with zero attached hydrogens (tertiary/aromatic N) is 2. The highest BCUT2D eigenvalue weighted by Gasteiger charge is 2.33. The minimum atomic E-state index is -0.652. The zero-order valence-corrected chi connectivity index (χ0v) is 17.8. The van der Waals surface area contributed by atoms with Gasteiger partial charge in [0.2, 0.25) is 6.10 Å². The van der Waals surface area contributed by atoms with Crippen molar-refractivity contribution in [2.45, 2.75) is 39.1 Å². The maximum absolute atomic E-state index is 12.6. The minimum absolute atomic E-state index is 0.158. The van der Waals surface area contributed by atoms with Gasteiger partial charge in [0.1, 0.15) is 6.10 Å². The molecule has 1 fully saturated rings. The molecular weight excluding hydrogens is 378 g/mol. The normalized spacial score (nSPS) is 21.9. The van der Waals surface area contributed by atoms with Crippen molar-refractivity contribution in [1.82, 2.24) is 15.1 Å². The summed E-state index contributed by atoms with van der Waals surface area (Å²) in [5.74, 6) is 1.13. The molecule has 2 aliphatic rings. The molecule has 2 atom stereocenters. The van der Waals surface area contributed by atoms with Crippen molar-refractivity contribution in [3.05, 3.63) is 59.7 Å². The van der Waals surface area contributed by atoms with Crippen LogP contribution in [0.4, 0.5) is 0 Å². The smallest absolute Gasteiger partial charge is 0.265 e. The highest BCUT2D eigenvalue weighted by molar-refractivity contribution is 5.82. The second-order valence-corrected chi connectivity index (χ2v) is 8.05. The van der Waals surface area contributed by atoms with Crippen LogP contribution in [0.25, 0.3) is 0 Å². The van der Waals surface area contributed by atoms with Crippen LogP contribution >= 0.6 is 0 Å². The van der Waals surface area contributed by atoms with Crippen LogP contribution in [0.2, 0.25) is 0 Å². The summed E-state index contributed by atoms with van der Waals surface area (Å²) in [7, 11) is 0. The van der Waals surface area contributed by atoms with Crippen molar-refractivity contribution < 1.29 is 14.3 Å². The van der Waals surface area contributed by atoms with Gasteiger partial charge in [-0.05, 0) is 36.7 Å². The first-order chi connectivity index (χ1) is 14.6. The molecule has 2 aromatic rings. The van der Waals surface area contributed by atoms with Gasteiger partial charge in [0.25, 0.3) is 5.91 Å². The van der Waals surface area contributed by atoms with E-state index in [0.717, 1.165) is 44.8 Å². The number of carbonyl (C=O) groups is 1. The van der Waals surface area contributed by atoms with Crippen molar-refractivity contribution >= 4 is 5.91 Å². The largest absolute Gasteiger partial charge is 0.482 e. The maximum Gasteiger partial charge on any atom is 0.265 e. The quantitative estimate of drug-likeness (QED) is 0.795. The molecule has 1 saturated heterocycles. The van der Waals surface area contributed by atoms with Crippen LogP contribution < -0.4 is 14.8 Å². The number of hydrogen-bond acceptors (Lipinski definition) is 5. The SMILES string of the molecule is CCN1CCN(Cc2ccc(CNC(=O)C3Oc4ccccc4OC3C)cc2)CC1. The van der Waals surface area contributed by atoms with Gasteiger partial charge in [0, 0.05) is 39.3 Å². The lowest BCUT2D eigenvalue weighted by Gasteiger charge is -2.34. The molecule has 0 spiro atoms. The number of ether oxygens (including phenoxy) is 2. The summed E-state index contributed by atoms with van der Waals surface area (Å²) >= 11 is 0. The van der Waals surface area contributed by atoms with Crippen molar-refractivity contribution in [3.8, 4) is 11.5 Å². The summed E-state index contributed by atoms with van der Waals surface area (Å²) in [4.78, 5) is 17.6. The summed E-state index contributed by atoms with van der Waals surface area (Å²) < 4.78 is 11.7. The number of rotatable bonds is 6. The molecule has 2 heterocycles. The van der Waals surface area contributed by atoms with E-state index in [2.05, 4.69) is 46.3 Å². The van der Waals surface area contributed by atoms with E-state index >= 15 is 0 Å². The zero-order valence-electron chi connectivity index (χ0n) is 17.8. The van der Waals surface area contributed by atoms with E-state index in [1.54, 1.807) is 0 Å². The van der Waals surface area contributed by atoms with Gasteiger partial charge in [-0.2, -0.15) is 0 Å². The monoisotopic (exact) mass is 409 g/mol. The van der Waals surface area contributed by atoms with Gasteiger partial charge in [-0.3, -0.25) is 9.69 Å². The zero-order chi connectivity index (χ0) is 20.9. The van der Waals surface area contributed by atoms with Gasteiger partial charge in [-0.25, -0.2) is 0 Å². The fourth-order valence-electron chi connectivity index (χ4n) is 3.98. The third-order valence-corrected chi connectivity index (χ3v) is 5.91. The average Bonchev–Trinajstić information content (AvgIpc) is 2.78. The number of benzene rings is 2. The highest BCUT2D eigenvalue weighted by Crippen LogP contribution is 2.33. The van der Waals surface area contributed by atoms with E-state index in [1.165, 1.54) is 5.56 Å². The molecule has 0 saturated carbocycles. The van der Waals surface area contributed by atoms with Gasteiger partial charge in [0.05, 0.1) is 0 Å². The Bertz CT molecular complexity index is 847. The first-order valence-corrected chi connectivity index (χ1v) is 10.8. The molecule has 160 valence electrons. The Kier molecular flexibility index (Phi) is 6.55. The molecule has 0 aliphatic carbocycles. The van der Waals surface area contributed by atoms with E-state index in [0.29, 0.717) is 18.0 Å². The van der Waals surface area contributed by atoms with Crippen molar-refractivity contribution in [3.63, 3.8) is 0 Å². The second-order valence-electron chi connectivity index (χ2n) is 8.05. The van der Waals surface area contributed by atoms with E-state index in [-0.39, 0.29) is 12.0 Å². The van der Waals surface area contributed by atoms with E-state index in [9.17, 15) is 4.79 Å². The van der Waals surface area contributed by atoms with Gasteiger partial charge in [-0.15, -0.1) is 0 Å². The summed E-state index contributed by atoms with van der Waals surface area (Å²) in [5, 5.41) is 2.98. The number of hydrogen-bond donors (Lipinski definition) is 1. The predicted octanol–water partition coefficient (Wildman–Crippen LogP) is 2.67. The van der Waals surface area contributed by atoms with Crippen molar-refractivity contribution in [2.24, 2.45) is 0 Å². The average molecular weight is 410 g/mol. The fraction of sp³-hybridized carbons (Fsp3) is 0.458.